The first-order valence-electron chi connectivity index (χ1n) is 7.94. The van der Waals surface area contributed by atoms with Crippen LogP contribution in [0.15, 0.2) is 60.7 Å². The molecule has 0 fully saturated rings. The highest BCUT2D eigenvalue weighted by Crippen LogP contribution is 2.35. The maximum atomic E-state index is 13.3. The summed E-state index contributed by atoms with van der Waals surface area (Å²) in [6, 6.07) is 19.3. The minimum absolute atomic E-state index is 0. The third-order valence-electron chi connectivity index (χ3n) is 3.75. The molecular weight excluding hydrogens is 334 g/mol. The van der Waals surface area contributed by atoms with E-state index in [0.717, 1.165) is 11.1 Å². The number of benzene rings is 2. The molecule has 0 saturated heterocycles. The monoisotopic (exact) mass is 357 g/mol. The Hall–Kier alpha value is -2.12. The third kappa shape index (κ3) is 4.93. The molecule has 2 aromatic rings. The van der Waals surface area contributed by atoms with Crippen LogP contribution in [-0.4, -0.2) is 37.9 Å². The van der Waals surface area contributed by atoms with Gasteiger partial charge in [-0.15, -0.1) is 18.3 Å². The highest BCUT2D eigenvalue weighted by atomic mass is 35.5. The summed E-state index contributed by atoms with van der Waals surface area (Å²) in [4.78, 5) is 15.1. The second-order valence-electron chi connectivity index (χ2n) is 5.79. The number of rotatable bonds is 7. The number of hydrogen-bond donors (Lipinski definition) is 0. The number of likely N-dealkylation sites (N-methyl/N-ethyl adjacent to an activating group) is 1. The smallest absolute Gasteiger partial charge is 0.187 e. The van der Waals surface area contributed by atoms with Crippen LogP contribution in [-0.2, 0) is 15.1 Å². The molecule has 0 aliphatic carbocycles. The van der Waals surface area contributed by atoms with Crippen molar-refractivity contribution in [2.75, 3.05) is 27.2 Å². The largest absolute Gasteiger partial charge is 0.345 e. The van der Waals surface area contributed by atoms with E-state index in [1.807, 2.05) is 79.7 Å². The molecule has 0 aliphatic rings. The normalized spacial score (nSPS) is 10.6. The molecule has 0 saturated carbocycles. The fourth-order valence-electron chi connectivity index (χ4n) is 2.70. The molecule has 0 heterocycles. The summed E-state index contributed by atoms with van der Waals surface area (Å²) in [5.74, 6) is 5.73. The van der Waals surface area contributed by atoms with Crippen LogP contribution < -0.4 is 0 Å². The van der Waals surface area contributed by atoms with Crippen LogP contribution in [0.4, 0.5) is 0 Å². The molecule has 4 heteroatoms. The topological polar surface area (TPSA) is 29.5 Å². The van der Waals surface area contributed by atoms with Gasteiger partial charge in [-0.1, -0.05) is 66.6 Å². The van der Waals surface area contributed by atoms with Crippen LogP contribution in [0.3, 0.4) is 0 Å². The van der Waals surface area contributed by atoms with E-state index in [2.05, 4.69) is 11.8 Å². The molecule has 25 heavy (non-hydrogen) atoms. The van der Waals surface area contributed by atoms with Gasteiger partial charge in [0.1, 0.15) is 6.61 Å². The Labute approximate surface area is 156 Å². The average molecular weight is 358 g/mol. The molecule has 0 aromatic heterocycles. The lowest BCUT2D eigenvalue weighted by atomic mass is 9.82. The van der Waals surface area contributed by atoms with E-state index in [1.165, 1.54) is 0 Å². The summed E-state index contributed by atoms with van der Waals surface area (Å²) in [5.41, 5.74) is 0.485. The average Bonchev–Trinajstić information content (AvgIpc) is 2.60. The minimum atomic E-state index is -1.16. The number of ether oxygens (including phenoxy) is 1. The quantitative estimate of drug-likeness (QED) is 0.710. The van der Waals surface area contributed by atoms with E-state index in [-0.39, 0.29) is 31.3 Å². The maximum Gasteiger partial charge on any atom is 0.187 e. The number of halogens is 1. The molecule has 0 N–H and O–H groups in total. The molecule has 0 bridgehead atoms. The van der Waals surface area contributed by atoms with Crippen molar-refractivity contribution in [2.45, 2.75) is 12.5 Å². The predicted molar refractivity (Wildman–Crippen MR) is 104 cm³/mol. The number of carbonyl (C=O) groups excluding carboxylic acids is 1. The van der Waals surface area contributed by atoms with Crippen molar-refractivity contribution in [3.63, 3.8) is 0 Å². The zero-order chi connectivity index (χ0) is 17.4. The Balaban J connectivity index is 0.00000312. The lowest BCUT2D eigenvalue weighted by Gasteiger charge is -2.34. The van der Waals surface area contributed by atoms with Crippen molar-refractivity contribution in [3.05, 3.63) is 71.8 Å². The van der Waals surface area contributed by atoms with Crippen molar-refractivity contribution in [3.8, 4) is 11.8 Å². The van der Waals surface area contributed by atoms with Crippen LogP contribution in [0.25, 0.3) is 0 Å². The highest BCUT2D eigenvalue weighted by molar-refractivity contribution is 5.93. The van der Waals surface area contributed by atoms with E-state index >= 15 is 0 Å². The van der Waals surface area contributed by atoms with Crippen molar-refractivity contribution in [1.29, 1.82) is 0 Å². The van der Waals surface area contributed by atoms with Crippen LogP contribution in [0.5, 0.6) is 0 Å². The Bertz CT molecular complexity index is 678. The number of ketones is 1. The third-order valence-corrected chi connectivity index (χ3v) is 3.75. The molecule has 2 aromatic carbocycles. The number of hydrogen-bond acceptors (Lipinski definition) is 3. The summed E-state index contributed by atoms with van der Waals surface area (Å²) in [6.45, 7) is 2.24. The van der Waals surface area contributed by atoms with E-state index in [1.54, 1.807) is 6.92 Å². The van der Waals surface area contributed by atoms with Gasteiger partial charge in [0.05, 0.1) is 6.54 Å². The van der Waals surface area contributed by atoms with Crippen molar-refractivity contribution < 1.29 is 9.53 Å². The van der Waals surface area contributed by atoms with Crippen LogP contribution in [0.1, 0.15) is 18.1 Å². The van der Waals surface area contributed by atoms with Gasteiger partial charge in [0.2, 0.25) is 0 Å². The van der Waals surface area contributed by atoms with Gasteiger partial charge in [-0.25, -0.2) is 0 Å². The van der Waals surface area contributed by atoms with E-state index < -0.39 is 5.60 Å². The summed E-state index contributed by atoms with van der Waals surface area (Å²) in [7, 11) is 3.76. The van der Waals surface area contributed by atoms with Crippen LogP contribution >= 0.6 is 12.4 Å². The van der Waals surface area contributed by atoms with Gasteiger partial charge < -0.3 is 9.64 Å². The Morgan fingerprint density at radius 1 is 1.00 bits per heavy atom. The zero-order valence-electron chi connectivity index (χ0n) is 14.9. The van der Waals surface area contributed by atoms with Gasteiger partial charge in [-0.2, -0.15) is 0 Å². The van der Waals surface area contributed by atoms with Gasteiger partial charge in [-0.05, 0) is 32.1 Å². The first-order valence-corrected chi connectivity index (χ1v) is 7.94. The Morgan fingerprint density at radius 3 is 1.88 bits per heavy atom. The van der Waals surface area contributed by atoms with Crippen molar-refractivity contribution in [1.82, 2.24) is 4.90 Å². The molecule has 0 atom stereocenters. The molecule has 0 unspecified atom stereocenters. The first-order chi connectivity index (χ1) is 11.6. The van der Waals surface area contributed by atoms with Gasteiger partial charge in [0.25, 0.3) is 0 Å². The molecule has 0 radical (unpaired) electrons. The van der Waals surface area contributed by atoms with Crippen LogP contribution in [0.2, 0.25) is 0 Å². The van der Waals surface area contributed by atoms with Gasteiger partial charge in [0, 0.05) is 0 Å². The van der Waals surface area contributed by atoms with Gasteiger partial charge >= 0.3 is 0 Å². The number of nitrogens with zero attached hydrogens (tertiary/aromatic N) is 1. The minimum Gasteiger partial charge on any atom is -0.345 e. The summed E-state index contributed by atoms with van der Waals surface area (Å²) in [5, 5.41) is 0. The van der Waals surface area contributed by atoms with Gasteiger partial charge in [-0.3, -0.25) is 4.79 Å². The standard InChI is InChI=1S/C21H23NO2.ClH/c1-4-5-16-24-21(20(23)17-22(2)3,18-12-8-6-9-13-18)19-14-10-7-11-15-19;/h6-15H,16-17H2,1-3H3;1H. The second-order valence-corrected chi connectivity index (χ2v) is 5.79. The van der Waals surface area contributed by atoms with Crippen molar-refractivity contribution in [2.24, 2.45) is 0 Å². The predicted octanol–water partition coefficient (Wildman–Crippen LogP) is 3.52. The van der Waals surface area contributed by atoms with Gasteiger partial charge in [0.15, 0.2) is 11.4 Å². The second kappa shape index (κ2) is 10.0. The van der Waals surface area contributed by atoms with E-state index in [0.29, 0.717) is 0 Å². The molecule has 0 spiro atoms. The molecule has 2 rings (SSSR count). The molecular formula is C21H24ClNO2. The first kappa shape index (κ1) is 20.9. The lowest BCUT2D eigenvalue weighted by molar-refractivity contribution is -0.139. The highest BCUT2D eigenvalue weighted by Gasteiger charge is 2.42. The summed E-state index contributed by atoms with van der Waals surface area (Å²) < 4.78 is 6.16. The fourth-order valence-corrected chi connectivity index (χ4v) is 2.70. The van der Waals surface area contributed by atoms with E-state index in [9.17, 15) is 4.79 Å². The maximum absolute atomic E-state index is 13.3. The molecule has 0 aliphatic heterocycles. The number of carbonyl (C=O) groups is 1. The van der Waals surface area contributed by atoms with Crippen molar-refractivity contribution >= 4 is 18.2 Å². The summed E-state index contributed by atoms with van der Waals surface area (Å²) >= 11 is 0. The van der Waals surface area contributed by atoms with Crippen LogP contribution in [0, 0.1) is 11.8 Å². The SMILES string of the molecule is CC#CCOC(C(=O)CN(C)C)(c1ccccc1)c1ccccc1.Cl. The fraction of sp³-hybridized carbons (Fsp3) is 0.286. The zero-order valence-corrected chi connectivity index (χ0v) is 15.7. The molecule has 132 valence electrons. The van der Waals surface area contributed by atoms with E-state index in [4.69, 9.17) is 4.74 Å². The molecule has 0 amide bonds. The molecule has 3 nitrogen and oxygen atoms in total. The lowest BCUT2D eigenvalue weighted by Crippen LogP contribution is -2.44. The summed E-state index contributed by atoms with van der Waals surface area (Å²) in [6.07, 6.45) is 0. The Kier molecular flexibility index (Phi) is 8.37. The Morgan fingerprint density at radius 2 is 1.48 bits per heavy atom. The number of Topliss-reactive ketones (excluding diaryl/α,β-unsaturated/α-hetero) is 1.